The van der Waals surface area contributed by atoms with Crippen LogP contribution in [0.15, 0.2) is 12.1 Å². The molecule has 1 atom stereocenters. The number of aliphatic hydroxyl groups excluding tert-OH is 1. The fourth-order valence-corrected chi connectivity index (χ4v) is 2.24. The average molecular weight is 245 g/mol. The first-order valence-corrected chi connectivity index (χ1v) is 5.97. The number of amides is 1. The van der Waals surface area contributed by atoms with Gasteiger partial charge in [0, 0.05) is 6.54 Å². The summed E-state index contributed by atoms with van der Waals surface area (Å²) in [5.74, 6) is -0.167. The summed E-state index contributed by atoms with van der Waals surface area (Å²) in [4.78, 5) is 18.1. The van der Waals surface area contributed by atoms with Crippen molar-refractivity contribution in [3.8, 4) is 6.07 Å². The van der Waals surface area contributed by atoms with Crippen molar-refractivity contribution in [1.82, 2.24) is 9.88 Å². The lowest BCUT2D eigenvalue weighted by Gasteiger charge is -2.22. The standard InChI is InChI=1S/C13H15N3O2/c1-9-10(7-14)4-5-12(15-9)13(18)16-6-2-3-11(16)8-17/h4-5,11,17H,2-3,6,8H2,1H3. The van der Waals surface area contributed by atoms with Gasteiger partial charge in [0.2, 0.25) is 0 Å². The molecule has 0 spiro atoms. The Kier molecular flexibility index (Phi) is 3.58. The van der Waals surface area contributed by atoms with Crippen LogP contribution in [0.2, 0.25) is 0 Å². The van der Waals surface area contributed by atoms with Gasteiger partial charge in [-0.25, -0.2) is 4.98 Å². The van der Waals surface area contributed by atoms with Crippen LogP contribution in [0.1, 0.15) is 34.6 Å². The van der Waals surface area contributed by atoms with Gasteiger partial charge < -0.3 is 10.0 Å². The third-order valence-corrected chi connectivity index (χ3v) is 3.27. The number of carbonyl (C=O) groups is 1. The highest BCUT2D eigenvalue weighted by atomic mass is 16.3. The van der Waals surface area contributed by atoms with Crippen LogP contribution in [0.25, 0.3) is 0 Å². The van der Waals surface area contributed by atoms with E-state index in [2.05, 4.69) is 4.98 Å². The Bertz CT molecular complexity index is 507. The van der Waals surface area contributed by atoms with Gasteiger partial charge in [0.15, 0.2) is 0 Å². The second-order valence-electron chi connectivity index (χ2n) is 4.42. The minimum Gasteiger partial charge on any atom is -0.394 e. The van der Waals surface area contributed by atoms with Crippen LogP contribution in [-0.2, 0) is 0 Å². The maximum atomic E-state index is 12.2. The lowest BCUT2D eigenvalue weighted by atomic mass is 10.2. The van der Waals surface area contributed by atoms with Gasteiger partial charge in [-0.2, -0.15) is 5.26 Å². The van der Waals surface area contributed by atoms with Crippen LogP contribution in [0, 0.1) is 18.3 Å². The largest absolute Gasteiger partial charge is 0.394 e. The van der Waals surface area contributed by atoms with Crippen molar-refractivity contribution >= 4 is 5.91 Å². The SMILES string of the molecule is Cc1nc(C(=O)N2CCCC2CO)ccc1C#N. The minimum absolute atomic E-state index is 0.0129. The number of aliphatic hydroxyl groups is 1. The molecule has 5 nitrogen and oxygen atoms in total. The van der Waals surface area contributed by atoms with Gasteiger partial charge >= 0.3 is 0 Å². The van der Waals surface area contributed by atoms with E-state index in [1.807, 2.05) is 6.07 Å². The van der Waals surface area contributed by atoms with Crippen LogP contribution in [-0.4, -0.2) is 40.1 Å². The van der Waals surface area contributed by atoms with Crippen molar-refractivity contribution in [2.45, 2.75) is 25.8 Å². The highest BCUT2D eigenvalue weighted by Crippen LogP contribution is 2.19. The quantitative estimate of drug-likeness (QED) is 0.838. The Morgan fingerprint density at radius 1 is 1.67 bits per heavy atom. The number of pyridine rings is 1. The molecular formula is C13H15N3O2. The van der Waals surface area contributed by atoms with Crippen molar-refractivity contribution in [2.24, 2.45) is 0 Å². The zero-order valence-electron chi connectivity index (χ0n) is 10.3. The molecule has 1 unspecified atom stereocenters. The van der Waals surface area contributed by atoms with E-state index in [1.54, 1.807) is 24.0 Å². The summed E-state index contributed by atoms with van der Waals surface area (Å²) in [6, 6.07) is 5.10. The van der Waals surface area contributed by atoms with E-state index >= 15 is 0 Å². The molecule has 5 heteroatoms. The topological polar surface area (TPSA) is 77.2 Å². The maximum Gasteiger partial charge on any atom is 0.272 e. The molecular weight excluding hydrogens is 230 g/mol. The molecule has 1 aliphatic heterocycles. The van der Waals surface area contributed by atoms with Crippen molar-refractivity contribution in [1.29, 1.82) is 5.26 Å². The number of hydrogen-bond acceptors (Lipinski definition) is 4. The zero-order valence-corrected chi connectivity index (χ0v) is 10.3. The van der Waals surface area contributed by atoms with E-state index in [4.69, 9.17) is 5.26 Å². The van der Waals surface area contributed by atoms with E-state index in [9.17, 15) is 9.90 Å². The fraction of sp³-hybridized carbons (Fsp3) is 0.462. The molecule has 0 saturated carbocycles. The van der Waals surface area contributed by atoms with Gasteiger partial charge in [-0.3, -0.25) is 4.79 Å². The molecule has 0 aliphatic carbocycles. The molecule has 1 amide bonds. The van der Waals surface area contributed by atoms with Crippen molar-refractivity contribution in [3.05, 3.63) is 29.1 Å². The monoisotopic (exact) mass is 245 g/mol. The van der Waals surface area contributed by atoms with Crippen LogP contribution in [0.3, 0.4) is 0 Å². The van der Waals surface area contributed by atoms with E-state index in [0.717, 1.165) is 12.8 Å². The summed E-state index contributed by atoms with van der Waals surface area (Å²) in [5, 5.41) is 18.0. The first-order chi connectivity index (χ1) is 8.67. The number of nitrogens with zero attached hydrogens (tertiary/aromatic N) is 3. The number of aromatic nitrogens is 1. The Labute approximate surface area is 106 Å². The second kappa shape index (κ2) is 5.15. The summed E-state index contributed by atoms with van der Waals surface area (Å²) in [7, 11) is 0. The molecule has 18 heavy (non-hydrogen) atoms. The number of hydrogen-bond donors (Lipinski definition) is 1. The van der Waals surface area contributed by atoms with Crippen LogP contribution < -0.4 is 0 Å². The highest BCUT2D eigenvalue weighted by molar-refractivity contribution is 5.92. The van der Waals surface area contributed by atoms with Gasteiger partial charge in [-0.1, -0.05) is 0 Å². The van der Waals surface area contributed by atoms with Crippen molar-refractivity contribution in [2.75, 3.05) is 13.2 Å². The Morgan fingerprint density at radius 2 is 2.44 bits per heavy atom. The summed E-state index contributed by atoms with van der Waals surface area (Å²) in [6.07, 6.45) is 1.74. The molecule has 94 valence electrons. The average Bonchev–Trinajstić information content (AvgIpc) is 2.86. The third kappa shape index (κ3) is 2.20. The van der Waals surface area contributed by atoms with Gasteiger partial charge in [0.25, 0.3) is 5.91 Å². The molecule has 0 bridgehead atoms. The van der Waals surface area contributed by atoms with Crippen LogP contribution in [0.4, 0.5) is 0 Å². The molecule has 1 N–H and O–H groups in total. The summed E-state index contributed by atoms with van der Waals surface area (Å²) >= 11 is 0. The molecule has 0 radical (unpaired) electrons. The van der Waals surface area contributed by atoms with Gasteiger partial charge in [-0.05, 0) is 31.9 Å². The van der Waals surface area contributed by atoms with Gasteiger partial charge in [-0.15, -0.1) is 0 Å². The van der Waals surface area contributed by atoms with Gasteiger partial charge in [0.1, 0.15) is 11.8 Å². The van der Waals surface area contributed by atoms with Crippen molar-refractivity contribution < 1.29 is 9.90 Å². The maximum absolute atomic E-state index is 12.2. The predicted molar refractivity (Wildman–Crippen MR) is 64.8 cm³/mol. The normalized spacial score (nSPS) is 18.7. The Hall–Kier alpha value is -1.93. The highest BCUT2D eigenvalue weighted by Gasteiger charge is 2.29. The number of likely N-dealkylation sites (tertiary alicyclic amines) is 1. The van der Waals surface area contributed by atoms with E-state index in [0.29, 0.717) is 23.5 Å². The molecule has 2 heterocycles. The predicted octanol–water partition coefficient (Wildman–Crippen LogP) is 0.859. The smallest absolute Gasteiger partial charge is 0.272 e. The summed E-state index contributed by atoms with van der Waals surface area (Å²) in [5.41, 5.74) is 1.38. The van der Waals surface area contributed by atoms with E-state index < -0.39 is 0 Å². The second-order valence-corrected chi connectivity index (χ2v) is 4.42. The fourth-order valence-electron chi connectivity index (χ4n) is 2.24. The van der Waals surface area contributed by atoms with E-state index in [-0.39, 0.29) is 18.6 Å². The minimum atomic E-state index is -0.167. The van der Waals surface area contributed by atoms with Gasteiger partial charge in [0.05, 0.1) is 23.9 Å². The third-order valence-electron chi connectivity index (χ3n) is 3.27. The number of nitriles is 1. The number of rotatable bonds is 2. The Morgan fingerprint density at radius 3 is 3.06 bits per heavy atom. The zero-order chi connectivity index (χ0) is 13.1. The molecule has 2 rings (SSSR count). The first-order valence-electron chi connectivity index (χ1n) is 5.97. The van der Waals surface area contributed by atoms with E-state index in [1.165, 1.54) is 0 Å². The lowest BCUT2D eigenvalue weighted by Crippen LogP contribution is -2.38. The van der Waals surface area contributed by atoms with Crippen LogP contribution >= 0.6 is 0 Å². The van der Waals surface area contributed by atoms with Crippen molar-refractivity contribution in [3.63, 3.8) is 0 Å². The lowest BCUT2D eigenvalue weighted by molar-refractivity contribution is 0.0671. The molecule has 1 aliphatic rings. The number of carbonyl (C=O) groups excluding carboxylic acids is 1. The molecule has 1 aromatic rings. The number of aryl methyl sites for hydroxylation is 1. The molecule has 1 aromatic heterocycles. The summed E-state index contributed by atoms with van der Waals surface area (Å²) < 4.78 is 0. The Balaban J connectivity index is 2.24. The molecule has 1 fully saturated rings. The first kappa shape index (κ1) is 12.5. The molecule has 1 saturated heterocycles. The summed E-state index contributed by atoms with van der Waals surface area (Å²) in [6.45, 7) is 2.36. The molecule has 0 aromatic carbocycles. The van der Waals surface area contributed by atoms with Crippen LogP contribution in [0.5, 0.6) is 0 Å².